The Bertz CT molecular complexity index is 710. The van der Waals surface area contributed by atoms with Crippen molar-refractivity contribution in [1.29, 1.82) is 0 Å². The Hall–Kier alpha value is -1.77. The van der Waals surface area contributed by atoms with Crippen molar-refractivity contribution in [2.45, 2.75) is 58.3 Å². The highest BCUT2D eigenvalue weighted by molar-refractivity contribution is 5.67. The maximum atomic E-state index is 14.5. The molecule has 2 aromatic rings. The average Bonchev–Trinajstić information content (AvgIpc) is 2.61. The van der Waals surface area contributed by atoms with Crippen LogP contribution in [0, 0.1) is 29.3 Å². The molecule has 0 aromatic heterocycles. The number of benzene rings is 2. The van der Waals surface area contributed by atoms with E-state index >= 15 is 0 Å². The molecule has 0 N–H and O–H groups in total. The molecule has 0 atom stereocenters. The first kappa shape index (κ1) is 19.0. The first-order valence-electron chi connectivity index (χ1n) is 9.80. The van der Waals surface area contributed by atoms with Crippen molar-refractivity contribution in [3.05, 3.63) is 59.4 Å². The van der Waals surface area contributed by atoms with Crippen molar-refractivity contribution < 1.29 is 13.2 Å². The summed E-state index contributed by atoms with van der Waals surface area (Å²) in [6, 6.07) is 8.19. The minimum absolute atomic E-state index is 0.285. The van der Waals surface area contributed by atoms with Crippen LogP contribution in [0.5, 0.6) is 0 Å². The highest BCUT2D eigenvalue weighted by atomic mass is 19.1. The van der Waals surface area contributed by atoms with E-state index in [0.717, 1.165) is 18.4 Å². The van der Waals surface area contributed by atoms with Crippen LogP contribution in [-0.2, 0) is 6.42 Å². The molecule has 1 aliphatic carbocycles. The zero-order chi connectivity index (χ0) is 18.5. The van der Waals surface area contributed by atoms with Gasteiger partial charge in [0.05, 0.1) is 0 Å². The molecule has 26 heavy (non-hydrogen) atoms. The second-order valence-electron chi connectivity index (χ2n) is 7.64. The SMILES string of the molecule is CCCC1CCC(CCc2c(F)cccc2-c2cc(F)cc(F)c2)CC1. The van der Waals surface area contributed by atoms with Crippen LogP contribution >= 0.6 is 0 Å². The van der Waals surface area contributed by atoms with Crippen LogP contribution < -0.4 is 0 Å². The van der Waals surface area contributed by atoms with Gasteiger partial charge in [-0.15, -0.1) is 0 Å². The van der Waals surface area contributed by atoms with Gasteiger partial charge >= 0.3 is 0 Å². The van der Waals surface area contributed by atoms with Crippen LogP contribution in [0.1, 0.15) is 57.4 Å². The zero-order valence-corrected chi connectivity index (χ0v) is 15.4. The molecule has 0 unspecified atom stereocenters. The molecule has 1 fully saturated rings. The van der Waals surface area contributed by atoms with Crippen molar-refractivity contribution in [1.82, 2.24) is 0 Å². The Morgan fingerprint density at radius 1 is 0.846 bits per heavy atom. The molecule has 3 rings (SSSR count). The quantitative estimate of drug-likeness (QED) is 0.506. The van der Waals surface area contributed by atoms with E-state index in [9.17, 15) is 13.2 Å². The largest absolute Gasteiger partial charge is 0.207 e. The Morgan fingerprint density at radius 2 is 1.46 bits per heavy atom. The van der Waals surface area contributed by atoms with Crippen molar-refractivity contribution >= 4 is 0 Å². The van der Waals surface area contributed by atoms with Crippen LogP contribution in [-0.4, -0.2) is 0 Å². The average molecular weight is 360 g/mol. The fraction of sp³-hybridized carbons (Fsp3) is 0.478. The lowest BCUT2D eigenvalue weighted by Gasteiger charge is -2.28. The Morgan fingerprint density at radius 3 is 2.08 bits per heavy atom. The fourth-order valence-corrected chi connectivity index (χ4v) is 4.36. The van der Waals surface area contributed by atoms with Crippen LogP contribution in [0.4, 0.5) is 13.2 Å². The van der Waals surface area contributed by atoms with Crippen molar-refractivity contribution in [2.24, 2.45) is 11.8 Å². The summed E-state index contributed by atoms with van der Waals surface area (Å²) in [6.45, 7) is 2.24. The molecule has 140 valence electrons. The van der Waals surface area contributed by atoms with Gasteiger partial charge in [-0.3, -0.25) is 0 Å². The van der Waals surface area contributed by atoms with Crippen molar-refractivity contribution in [3.63, 3.8) is 0 Å². The highest BCUT2D eigenvalue weighted by Crippen LogP contribution is 2.35. The molecule has 0 radical (unpaired) electrons. The summed E-state index contributed by atoms with van der Waals surface area (Å²) < 4.78 is 41.6. The zero-order valence-electron chi connectivity index (χ0n) is 15.4. The standard InChI is InChI=1S/C23H27F3/c1-2-4-16-7-9-17(10-8-16)11-12-22-21(5-3-6-23(22)26)18-13-19(24)15-20(25)14-18/h3,5-6,13-17H,2,4,7-12H2,1H3. The molecule has 0 bridgehead atoms. The Labute approximate surface area is 154 Å². The van der Waals surface area contributed by atoms with E-state index in [1.165, 1.54) is 56.7 Å². The van der Waals surface area contributed by atoms with Gasteiger partial charge in [0.25, 0.3) is 0 Å². The number of hydrogen-bond acceptors (Lipinski definition) is 0. The third kappa shape index (κ3) is 4.69. The summed E-state index contributed by atoms with van der Waals surface area (Å²) >= 11 is 0. The molecule has 0 heterocycles. The summed E-state index contributed by atoms with van der Waals surface area (Å²) in [6.07, 6.45) is 9.09. The fourth-order valence-electron chi connectivity index (χ4n) is 4.36. The predicted molar refractivity (Wildman–Crippen MR) is 100 cm³/mol. The molecule has 1 aliphatic rings. The summed E-state index contributed by atoms with van der Waals surface area (Å²) in [7, 11) is 0. The second kappa shape index (κ2) is 8.75. The first-order chi connectivity index (χ1) is 12.6. The molecule has 0 amide bonds. The minimum atomic E-state index is -0.635. The normalized spacial score (nSPS) is 20.3. The number of hydrogen-bond donors (Lipinski definition) is 0. The third-order valence-electron chi connectivity index (χ3n) is 5.76. The van der Waals surface area contributed by atoms with Gasteiger partial charge in [-0.05, 0) is 59.6 Å². The Balaban J connectivity index is 1.72. The van der Waals surface area contributed by atoms with Crippen LogP contribution in [0.2, 0.25) is 0 Å². The van der Waals surface area contributed by atoms with E-state index in [2.05, 4.69) is 6.92 Å². The lowest BCUT2D eigenvalue weighted by molar-refractivity contribution is 0.252. The highest BCUT2D eigenvalue weighted by Gasteiger charge is 2.21. The van der Waals surface area contributed by atoms with Crippen molar-refractivity contribution in [3.8, 4) is 11.1 Å². The molecule has 0 nitrogen and oxygen atoms in total. The lowest BCUT2D eigenvalue weighted by atomic mass is 9.77. The molecule has 0 spiro atoms. The molecule has 0 aliphatic heterocycles. The van der Waals surface area contributed by atoms with Gasteiger partial charge in [0.1, 0.15) is 17.5 Å². The maximum Gasteiger partial charge on any atom is 0.127 e. The molecule has 1 saturated carbocycles. The maximum absolute atomic E-state index is 14.5. The van der Waals surface area contributed by atoms with Gasteiger partial charge < -0.3 is 0 Å². The van der Waals surface area contributed by atoms with Gasteiger partial charge in [-0.2, -0.15) is 0 Å². The summed E-state index contributed by atoms with van der Waals surface area (Å²) in [5.41, 5.74) is 1.58. The van der Waals surface area contributed by atoms with Crippen LogP contribution in [0.3, 0.4) is 0 Å². The number of halogens is 3. The summed E-state index contributed by atoms with van der Waals surface area (Å²) in [4.78, 5) is 0. The monoisotopic (exact) mass is 360 g/mol. The van der Waals surface area contributed by atoms with E-state index < -0.39 is 11.6 Å². The Kier molecular flexibility index (Phi) is 6.39. The summed E-state index contributed by atoms with van der Waals surface area (Å²) in [5, 5.41) is 0. The van der Waals surface area contributed by atoms with E-state index in [0.29, 0.717) is 29.0 Å². The molecule has 3 heteroatoms. The van der Waals surface area contributed by atoms with E-state index in [-0.39, 0.29) is 5.82 Å². The first-order valence-corrected chi connectivity index (χ1v) is 9.80. The van der Waals surface area contributed by atoms with Gasteiger partial charge in [0.15, 0.2) is 0 Å². The molecular weight excluding hydrogens is 333 g/mol. The predicted octanol–water partition coefficient (Wildman–Crippen LogP) is 7.31. The van der Waals surface area contributed by atoms with E-state index in [4.69, 9.17) is 0 Å². The lowest BCUT2D eigenvalue weighted by Crippen LogP contribution is -2.15. The van der Waals surface area contributed by atoms with Crippen molar-refractivity contribution in [2.75, 3.05) is 0 Å². The molecule has 2 aromatic carbocycles. The van der Waals surface area contributed by atoms with Gasteiger partial charge in [-0.1, -0.05) is 57.6 Å². The third-order valence-corrected chi connectivity index (χ3v) is 5.76. The summed E-state index contributed by atoms with van der Waals surface area (Å²) in [5.74, 6) is -0.0731. The van der Waals surface area contributed by atoms with Crippen LogP contribution in [0.25, 0.3) is 11.1 Å². The van der Waals surface area contributed by atoms with Gasteiger partial charge in [0, 0.05) is 6.07 Å². The van der Waals surface area contributed by atoms with Crippen LogP contribution in [0.15, 0.2) is 36.4 Å². The van der Waals surface area contributed by atoms with Gasteiger partial charge in [-0.25, -0.2) is 13.2 Å². The molecular formula is C23H27F3. The van der Waals surface area contributed by atoms with E-state index in [1.807, 2.05) is 0 Å². The topological polar surface area (TPSA) is 0 Å². The minimum Gasteiger partial charge on any atom is -0.207 e. The smallest absolute Gasteiger partial charge is 0.127 e. The second-order valence-corrected chi connectivity index (χ2v) is 7.64. The van der Waals surface area contributed by atoms with Gasteiger partial charge in [0.2, 0.25) is 0 Å². The number of rotatable bonds is 6. The molecule has 0 saturated heterocycles. The van der Waals surface area contributed by atoms with E-state index in [1.54, 1.807) is 12.1 Å².